The molecule has 0 unspecified atom stereocenters. The van der Waals surface area contributed by atoms with Crippen LogP contribution in [0.15, 0.2) is 60.7 Å². The van der Waals surface area contributed by atoms with Gasteiger partial charge in [-0.05, 0) is 17.5 Å². The van der Waals surface area contributed by atoms with E-state index in [2.05, 4.69) is 60.8 Å². The SMILES string of the molecule is CC[C@@H](CO)NCC(c1ccccc1)c1ccccc1. The molecule has 2 rings (SSSR count). The number of rotatable bonds is 7. The largest absolute Gasteiger partial charge is 0.395 e. The maximum Gasteiger partial charge on any atom is 0.0584 e. The number of benzene rings is 2. The first-order chi connectivity index (χ1) is 9.85. The summed E-state index contributed by atoms with van der Waals surface area (Å²) < 4.78 is 0. The van der Waals surface area contributed by atoms with Crippen LogP contribution in [0.4, 0.5) is 0 Å². The molecule has 2 heteroatoms. The van der Waals surface area contributed by atoms with Crippen molar-refractivity contribution in [3.05, 3.63) is 71.8 Å². The maximum absolute atomic E-state index is 9.32. The molecular weight excluding hydrogens is 246 g/mol. The average molecular weight is 269 g/mol. The van der Waals surface area contributed by atoms with Crippen LogP contribution in [0.5, 0.6) is 0 Å². The zero-order valence-electron chi connectivity index (χ0n) is 12.0. The number of nitrogens with one attached hydrogen (secondary N) is 1. The van der Waals surface area contributed by atoms with Crippen molar-refractivity contribution >= 4 is 0 Å². The van der Waals surface area contributed by atoms with Crippen LogP contribution in [-0.2, 0) is 0 Å². The van der Waals surface area contributed by atoms with Crippen molar-refractivity contribution in [1.82, 2.24) is 5.32 Å². The van der Waals surface area contributed by atoms with Crippen molar-refractivity contribution in [1.29, 1.82) is 0 Å². The Morgan fingerprint density at radius 2 is 1.40 bits per heavy atom. The van der Waals surface area contributed by atoms with Crippen molar-refractivity contribution in [3.8, 4) is 0 Å². The zero-order valence-corrected chi connectivity index (χ0v) is 12.0. The Balaban J connectivity index is 2.17. The number of aliphatic hydroxyl groups excluding tert-OH is 1. The van der Waals surface area contributed by atoms with E-state index in [1.807, 2.05) is 12.1 Å². The van der Waals surface area contributed by atoms with Gasteiger partial charge in [0.25, 0.3) is 0 Å². The van der Waals surface area contributed by atoms with E-state index in [0.717, 1.165) is 13.0 Å². The molecule has 0 aromatic heterocycles. The normalized spacial score (nSPS) is 12.6. The van der Waals surface area contributed by atoms with Crippen molar-refractivity contribution < 1.29 is 5.11 Å². The molecule has 20 heavy (non-hydrogen) atoms. The summed E-state index contributed by atoms with van der Waals surface area (Å²) in [6.07, 6.45) is 0.937. The van der Waals surface area contributed by atoms with E-state index in [-0.39, 0.29) is 12.6 Å². The predicted octanol–water partition coefficient (Wildman–Crippen LogP) is 3.18. The Bertz CT molecular complexity index is 440. The van der Waals surface area contributed by atoms with Gasteiger partial charge in [0.1, 0.15) is 0 Å². The second-order valence-corrected chi connectivity index (χ2v) is 5.07. The van der Waals surface area contributed by atoms with Crippen LogP contribution in [0.1, 0.15) is 30.4 Å². The van der Waals surface area contributed by atoms with Gasteiger partial charge in [-0.1, -0.05) is 67.6 Å². The molecule has 0 radical (unpaired) electrons. The molecule has 2 nitrogen and oxygen atoms in total. The molecule has 1 atom stereocenters. The molecule has 106 valence electrons. The molecule has 2 N–H and O–H groups in total. The second kappa shape index (κ2) is 7.83. The fourth-order valence-corrected chi connectivity index (χ4v) is 2.42. The minimum Gasteiger partial charge on any atom is -0.395 e. The highest BCUT2D eigenvalue weighted by atomic mass is 16.3. The summed E-state index contributed by atoms with van der Waals surface area (Å²) in [7, 11) is 0. The third-order valence-electron chi connectivity index (χ3n) is 3.73. The molecule has 0 saturated carbocycles. The van der Waals surface area contributed by atoms with Gasteiger partial charge in [-0.15, -0.1) is 0 Å². The summed E-state index contributed by atoms with van der Waals surface area (Å²) in [6, 6.07) is 21.2. The van der Waals surface area contributed by atoms with Crippen LogP contribution in [-0.4, -0.2) is 24.3 Å². The van der Waals surface area contributed by atoms with E-state index in [0.29, 0.717) is 5.92 Å². The van der Waals surface area contributed by atoms with Crippen LogP contribution in [0.25, 0.3) is 0 Å². The molecule has 0 fully saturated rings. The molecule has 0 aliphatic heterocycles. The summed E-state index contributed by atoms with van der Waals surface area (Å²) in [6.45, 7) is 3.12. The second-order valence-electron chi connectivity index (χ2n) is 5.07. The van der Waals surface area contributed by atoms with Crippen LogP contribution in [0.3, 0.4) is 0 Å². The van der Waals surface area contributed by atoms with Crippen molar-refractivity contribution in [3.63, 3.8) is 0 Å². The lowest BCUT2D eigenvalue weighted by molar-refractivity contribution is 0.238. The lowest BCUT2D eigenvalue weighted by Crippen LogP contribution is -2.35. The first-order valence-electron chi connectivity index (χ1n) is 7.29. The lowest BCUT2D eigenvalue weighted by Gasteiger charge is -2.22. The van der Waals surface area contributed by atoms with Gasteiger partial charge in [0, 0.05) is 18.5 Å². The molecule has 2 aromatic rings. The van der Waals surface area contributed by atoms with E-state index in [9.17, 15) is 5.11 Å². The van der Waals surface area contributed by atoms with Gasteiger partial charge in [-0.3, -0.25) is 0 Å². The van der Waals surface area contributed by atoms with Gasteiger partial charge in [0.15, 0.2) is 0 Å². The standard InChI is InChI=1S/C18H23NO/c1-2-17(14-20)19-13-18(15-9-5-3-6-10-15)16-11-7-4-8-12-16/h3-12,17-20H,2,13-14H2,1H3/t17-/m0/s1. The number of hydrogen-bond acceptors (Lipinski definition) is 2. The van der Waals surface area contributed by atoms with E-state index in [4.69, 9.17) is 0 Å². The van der Waals surface area contributed by atoms with E-state index in [1.165, 1.54) is 11.1 Å². The quantitative estimate of drug-likeness (QED) is 0.809. The molecule has 0 amide bonds. The summed E-state index contributed by atoms with van der Waals surface area (Å²) in [4.78, 5) is 0. The van der Waals surface area contributed by atoms with Crippen LogP contribution >= 0.6 is 0 Å². The Morgan fingerprint density at radius 3 is 1.80 bits per heavy atom. The molecule has 2 aromatic carbocycles. The van der Waals surface area contributed by atoms with Crippen molar-refractivity contribution in [2.75, 3.05) is 13.2 Å². The van der Waals surface area contributed by atoms with Gasteiger partial charge >= 0.3 is 0 Å². The zero-order chi connectivity index (χ0) is 14.2. The van der Waals surface area contributed by atoms with Gasteiger partial charge in [0.2, 0.25) is 0 Å². The minimum absolute atomic E-state index is 0.171. The van der Waals surface area contributed by atoms with Gasteiger partial charge in [-0.25, -0.2) is 0 Å². The molecule has 0 saturated heterocycles. The summed E-state index contributed by atoms with van der Waals surface area (Å²) in [5, 5.41) is 12.8. The van der Waals surface area contributed by atoms with E-state index < -0.39 is 0 Å². The minimum atomic E-state index is 0.171. The topological polar surface area (TPSA) is 32.3 Å². The van der Waals surface area contributed by atoms with Gasteiger partial charge in [-0.2, -0.15) is 0 Å². The number of hydrogen-bond donors (Lipinski definition) is 2. The highest BCUT2D eigenvalue weighted by Crippen LogP contribution is 2.23. The molecule has 0 bridgehead atoms. The maximum atomic E-state index is 9.32. The van der Waals surface area contributed by atoms with Crippen LogP contribution < -0.4 is 5.32 Å². The first-order valence-corrected chi connectivity index (χ1v) is 7.29. The van der Waals surface area contributed by atoms with E-state index in [1.54, 1.807) is 0 Å². The molecule has 0 heterocycles. The highest BCUT2D eigenvalue weighted by molar-refractivity contribution is 5.32. The summed E-state index contributed by atoms with van der Waals surface area (Å²) in [5.41, 5.74) is 2.61. The molecular formula is C18H23NO. The van der Waals surface area contributed by atoms with Gasteiger partial charge in [0.05, 0.1) is 6.61 Å². The lowest BCUT2D eigenvalue weighted by atomic mass is 9.91. The first kappa shape index (κ1) is 14.8. The summed E-state index contributed by atoms with van der Waals surface area (Å²) in [5.74, 6) is 0.318. The van der Waals surface area contributed by atoms with Gasteiger partial charge < -0.3 is 10.4 Å². The Morgan fingerprint density at radius 1 is 0.900 bits per heavy atom. The van der Waals surface area contributed by atoms with Crippen LogP contribution in [0, 0.1) is 0 Å². The smallest absolute Gasteiger partial charge is 0.0584 e. The molecule has 0 aliphatic carbocycles. The molecule has 0 aliphatic rings. The molecule has 0 spiro atoms. The predicted molar refractivity (Wildman–Crippen MR) is 83.9 cm³/mol. The third-order valence-corrected chi connectivity index (χ3v) is 3.73. The Labute approximate surface area is 121 Å². The monoisotopic (exact) mass is 269 g/mol. The van der Waals surface area contributed by atoms with Crippen molar-refractivity contribution in [2.45, 2.75) is 25.3 Å². The average Bonchev–Trinajstić information content (AvgIpc) is 2.53. The fourth-order valence-electron chi connectivity index (χ4n) is 2.42. The fraction of sp³-hybridized carbons (Fsp3) is 0.333. The third kappa shape index (κ3) is 3.92. The van der Waals surface area contributed by atoms with E-state index >= 15 is 0 Å². The summed E-state index contributed by atoms with van der Waals surface area (Å²) >= 11 is 0. The van der Waals surface area contributed by atoms with Crippen LogP contribution in [0.2, 0.25) is 0 Å². The van der Waals surface area contributed by atoms with Crippen molar-refractivity contribution in [2.24, 2.45) is 0 Å². The Hall–Kier alpha value is -1.64. The number of aliphatic hydroxyl groups is 1. The Kier molecular flexibility index (Phi) is 5.78. The highest BCUT2D eigenvalue weighted by Gasteiger charge is 2.15.